The van der Waals surface area contributed by atoms with Gasteiger partial charge in [-0.15, -0.1) is 0 Å². The Morgan fingerprint density at radius 2 is 1.91 bits per heavy atom. The molecule has 0 bridgehead atoms. The molecule has 3 aromatic rings. The van der Waals surface area contributed by atoms with E-state index in [0.717, 1.165) is 30.2 Å². The number of furan rings is 1. The van der Waals surface area contributed by atoms with Crippen LogP contribution in [0.5, 0.6) is 0 Å². The zero-order valence-electron chi connectivity index (χ0n) is 19.3. The fourth-order valence-corrected chi connectivity index (χ4v) is 4.22. The van der Waals surface area contributed by atoms with E-state index in [9.17, 15) is 4.79 Å². The summed E-state index contributed by atoms with van der Waals surface area (Å²) in [5, 5.41) is 11.0. The molecule has 3 aromatic heterocycles. The first-order valence-corrected chi connectivity index (χ1v) is 11.0. The Hall–Kier alpha value is -3.04. The predicted molar refractivity (Wildman–Crippen MR) is 123 cm³/mol. The molecule has 0 spiro atoms. The highest BCUT2D eigenvalue weighted by molar-refractivity contribution is 5.90. The minimum atomic E-state index is -0.0802. The predicted octanol–water partition coefficient (Wildman–Crippen LogP) is 2.86. The number of aromatic nitrogens is 4. The quantitative estimate of drug-likeness (QED) is 0.611. The van der Waals surface area contributed by atoms with Crippen LogP contribution >= 0.6 is 0 Å². The number of piperazine rings is 1. The van der Waals surface area contributed by atoms with Gasteiger partial charge in [-0.2, -0.15) is 5.10 Å². The van der Waals surface area contributed by atoms with Crippen molar-refractivity contribution in [1.82, 2.24) is 30.0 Å². The summed E-state index contributed by atoms with van der Waals surface area (Å²) in [7, 11) is 0. The fraction of sp³-hybridized carbons (Fsp3) is 0.478. The van der Waals surface area contributed by atoms with Crippen molar-refractivity contribution in [2.75, 3.05) is 25.0 Å². The molecule has 0 radical (unpaired) electrons. The molecule has 1 aliphatic rings. The van der Waals surface area contributed by atoms with Crippen molar-refractivity contribution in [3.05, 3.63) is 41.4 Å². The molecule has 4 rings (SSSR count). The van der Waals surface area contributed by atoms with Crippen LogP contribution in [0.15, 0.2) is 28.7 Å². The first kappa shape index (κ1) is 22.2. The lowest BCUT2D eigenvalue weighted by atomic mass is 10.1. The van der Waals surface area contributed by atoms with Crippen molar-refractivity contribution in [3.8, 4) is 17.4 Å². The first-order valence-electron chi connectivity index (χ1n) is 11.0. The van der Waals surface area contributed by atoms with E-state index in [1.165, 1.54) is 0 Å². The molecular formula is C23H31N7O2. The number of carbonyl (C=O) groups excluding carboxylic acids is 1. The molecule has 2 atom stereocenters. The van der Waals surface area contributed by atoms with Crippen LogP contribution < -0.4 is 10.6 Å². The van der Waals surface area contributed by atoms with Crippen molar-refractivity contribution in [3.63, 3.8) is 0 Å². The number of nitrogens with zero attached hydrogens (tertiary/aromatic N) is 5. The van der Waals surface area contributed by atoms with Gasteiger partial charge in [0.15, 0.2) is 17.4 Å². The van der Waals surface area contributed by atoms with Crippen LogP contribution in [0.4, 0.5) is 5.82 Å². The minimum Gasteiger partial charge on any atom is -0.458 e. The number of hydrogen-bond donors (Lipinski definition) is 2. The number of aryl methyl sites for hydroxylation is 3. The van der Waals surface area contributed by atoms with Gasteiger partial charge in [-0.1, -0.05) is 0 Å². The second-order valence-corrected chi connectivity index (χ2v) is 8.71. The Kier molecular flexibility index (Phi) is 6.38. The third-order valence-corrected chi connectivity index (χ3v) is 5.46. The molecule has 0 aromatic carbocycles. The number of nitrogens with one attached hydrogen (secondary N) is 2. The number of rotatable bonds is 6. The summed E-state index contributed by atoms with van der Waals surface area (Å²) in [4.78, 5) is 24.2. The van der Waals surface area contributed by atoms with Gasteiger partial charge in [-0.3, -0.25) is 9.69 Å². The summed E-state index contributed by atoms with van der Waals surface area (Å²) in [6, 6.07) is 8.26. The largest absolute Gasteiger partial charge is 0.458 e. The third kappa shape index (κ3) is 5.23. The Morgan fingerprint density at radius 3 is 2.53 bits per heavy atom. The van der Waals surface area contributed by atoms with Crippen LogP contribution in [0, 0.1) is 20.8 Å². The average molecular weight is 438 g/mol. The van der Waals surface area contributed by atoms with Gasteiger partial charge < -0.3 is 15.1 Å². The van der Waals surface area contributed by atoms with E-state index in [1.54, 1.807) is 10.7 Å². The molecule has 2 unspecified atom stereocenters. The van der Waals surface area contributed by atoms with Crippen LogP contribution in [0.25, 0.3) is 17.4 Å². The molecule has 2 N–H and O–H groups in total. The Bertz CT molecular complexity index is 1090. The average Bonchev–Trinajstić information content (AvgIpc) is 3.30. The summed E-state index contributed by atoms with van der Waals surface area (Å²) >= 11 is 0. The van der Waals surface area contributed by atoms with Gasteiger partial charge in [0, 0.05) is 49.9 Å². The summed E-state index contributed by atoms with van der Waals surface area (Å²) < 4.78 is 7.47. The molecule has 9 heteroatoms. The van der Waals surface area contributed by atoms with Crippen molar-refractivity contribution in [2.45, 2.75) is 53.1 Å². The highest BCUT2D eigenvalue weighted by Crippen LogP contribution is 2.23. The fourth-order valence-electron chi connectivity index (χ4n) is 4.22. The van der Waals surface area contributed by atoms with Gasteiger partial charge in [0.2, 0.25) is 5.91 Å². The van der Waals surface area contributed by atoms with Crippen LogP contribution in [0.1, 0.15) is 37.4 Å². The van der Waals surface area contributed by atoms with E-state index in [4.69, 9.17) is 4.42 Å². The van der Waals surface area contributed by atoms with Gasteiger partial charge in [0.25, 0.3) is 0 Å². The van der Waals surface area contributed by atoms with Gasteiger partial charge in [0.1, 0.15) is 11.6 Å². The number of anilines is 1. The first-order chi connectivity index (χ1) is 15.3. The summed E-state index contributed by atoms with van der Waals surface area (Å²) in [6.45, 7) is 12.7. The van der Waals surface area contributed by atoms with E-state index in [1.807, 2.05) is 39.0 Å². The Balaban J connectivity index is 1.54. The van der Waals surface area contributed by atoms with Crippen LogP contribution in [0.3, 0.4) is 0 Å². The van der Waals surface area contributed by atoms with Crippen molar-refractivity contribution >= 4 is 11.7 Å². The SMILES string of the molecule is Cc1cc(C)n(-c2cc(NC(=O)CCN3CC(C)NC(C)C3)nc(-c3ccc(C)o3)n2)n1. The molecule has 0 saturated carbocycles. The molecule has 0 aliphatic carbocycles. The maximum Gasteiger partial charge on any atom is 0.226 e. The number of hydrogen-bond acceptors (Lipinski definition) is 7. The van der Waals surface area contributed by atoms with Gasteiger partial charge in [-0.25, -0.2) is 14.6 Å². The van der Waals surface area contributed by atoms with Gasteiger partial charge >= 0.3 is 0 Å². The van der Waals surface area contributed by atoms with E-state index in [0.29, 0.717) is 48.3 Å². The second-order valence-electron chi connectivity index (χ2n) is 8.71. The van der Waals surface area contributed by atoms with Crippen molar-refractivity contribution in [2.24, 2.45) is 0 Å². The zero-order chi connectivity index (χ0) is 22.8. The van der Waals surface area contributed by atoms with Crippen molar-refractivity contribution < 1.29 is 9.21 Å². The maximum absolute atomic E-state index is 12.7. The van der Waals surface area contributed by atoms with Gasteiger partial charge in [-0.05, 0) is 52.8 Å². The molecule has 170 valence electrons. The van der Waals surface area contributed by atoms with E-state index in [-0.39, 0.29) is 5.91 Å². The van der Waals surface area contributed by atoms with Crippen LogP contribution in [-0.4, -0.2) is 62.3 Å². The summed E-state index contributed by atoms with van der Waals surface area (Å²) in [5.74, 6) is 2.65. The number of amides is 1. The Labute approximate surface area is 188 Å². The molecule has 1 fully saturated rings. The number of carbonyl (C=O) groups is 1. The maximum atomic E-state index is 12.7. The lowest BCUT2D eigenvalue weighted by Crippen LogP contribution is -2.54. The van der Waals surface area contributed by atoms with Crippen LogP contribution in [-0.2, 0) is 4.79 Å². The molecule has 9 nitrogen and oxygen atoms in total. The lowest BCUT2D eigenvalue weighted by molar-refractivity contribution is -0.116. The zero-order valence-corrected chi connectivity index (χ0v) is 19.3. The van der Waals surface area contributed by atoms with E-state index < -0.39 is 0 Å². The highest BCUT2D eigenvalue weighted by atomic mass is 16.3. The third-order valence-electron chi connectivity index (χ3n) is 5.46. The minimum absolute atomic E-state index is 0.0802. The standard InChI is InChI=1S/C23H31N7O2/c1-14-10-17(4)30(28-14)21-11-20(26-23(27-21)19-7-6-18(5)32-19)25-22(31)8-9-29-12-15(2)24-16(3)13-29/h6-7,10-11,15-16,24H,8-9,12-13H2,1-5H3,(H,25,26,27,31). The highest BCUT2D eigenvalue weighted by Gasteiger charge is 2.21. The molecule has 1 saturated heterocycles. The van der Waals surface area contributed by atoms with E-state index in [2.05, 4.69) is 44.4 Å². The van der Waals surface area contributed by atoms with Crippen LogP contribution in [0.2, 0.25) is 0 Å². The molecule has 1 aliphatic heterocycles. The monoisotopic (exact) mass is 437 g/mol. The van der Waals surface area contributed by atoms with Crippen molar-refractivity contribution in [1.29, 1.82) is 0 Å². The topological polar surface area (TPSA) is 101 Å². The van der Waals surface area contributed by atoms with Gasteiger partial charge in [0.05, 0.1) is 5.69 Å². The smallest absolute Gasteiger partial charge is 0.226 e. The summed E-state index contributed by atoms with van der Waals surface area (Å²) in [6.07, 6.45) is 0.397. The normalized spacial score (nSPS) is 19.3. The van der Waals surface area contributed by atoms with E-state index >= 15 is 0 Å². The lowest BCUT2D eigenvalue weighted by Gasteiger charge is -2.35. The second kappa shape index (κ2) is 9.22. The molecule has 32 heavy (non-hydrogen) atoms. The summed E-state index contributed by atoms with van der Waals surface area (Å²) in [5.41, 5.74) is 1.84. The molecule has 4 heterocycles. The molecular weight excluding hydrogens is 406 g/mol. The Morgan fingerprint density at radius 1 is 1.16 bits per heavy atom. The molecule has 1 amide bonds.